The number of carbonyl (C=O) groups is 1. The fraction of sp³-hybridized carbons (Fsp3) is 0.200. The van der Waals surface area contributed by atoms with Crippen molar-refractivity contribution in [2.45, 2.75) is 13.5 Å². The Hall–Kier alpha value is -2.44. The van der Waals surface area contributed by atoms with Gasteiger partial charge in [-0.25, -0.2) is 4.79 Å². The molecule has 0 radical (unpaired) electrons. The van der Waals surface area contributed by atoms with Crippen LogP contribution < -0.4 is 10.6 Å². The van der Waals surface area contributed by atoms with E-state index in [1.165, 1.54) is 0 Å². The number of nitrogens with one attached hydrogen (secondary N) is 3. The van der Waals surface area contributed by atoms with E-state index < -0.39 is 0 Å². The monoisotopic (exact) mass is 232 g/mol. The van der Waals surface area contributed by atoms with Gasteiger partial charge in [0.05, 0.1) is 6.54 Å². The number of aromatic amines is 1. The molecular formula is C10H12N6O. The fourth-order valence-electron chi connectivity index (χ4n) is 1.31. The molecular weight excluding hydrogens is 220 g/mol. The van der Waals surface area contributed by atoms with Crippen molar-refractivity contribution in [3.05, 3.63) is 35.7 Å². The van der Waals surface area contributed by atoms with Crippen molar-refractivity contribution >= 4 is 11.7 Å². The van der Waals surface area contributed by atoms with Crippen LogP contribution >= 0.6 is 0 Å². The highest BCUT2D eigenvalue weighted by Gasteiger charge is 2.03. The van der Waals surface area contributed by atoms with Gasteiger partial charge in [0.1, 0.15) is 0 Å². The molecule has 0 aliphatic carbocycles. The number of hydrogen-bond acceptors (Lipinski definition) is 4. The SMILES string of the molecule is Cc1cccc(NC(=O)NCc2nn[nH]n2)c1. The Kier molecular flexibility index (Phi) is 3.29. The van der Waals surface area contributed by atoms with Gasteiger partial charge in [-0.05, 0) is 24.6 Å². The fourth-order valence-corrected chi connectivity index (χ4v) is 1.31. The maximum Gasteiger partial charge on any atom is 0.319 e. The summed E-state index contributed by atoms with van der Waals surface area (Å²) in [7, 11) is 0. The van der Waals surface area contributed by atoms with E-state index in [1.807, 2.05) is 31.2 Å². The predicted octanol–water partition coefficient (Wildman–Crippen LogP) is 0.830. The van der Waals surface area contributed by atoms with Crippen LogP contribution in [0.2, 0.25) is 0 Å². The van der Waals surface area contributed by atoms with Crippen molar-refractivity contribution in [1.29, 1.82) is 0 Å². The Bertz CT molecular complexity index is 495. The lowest BCUT2D eigenvalue weighted by molar-refractivity contribution is 0.251. The highest BCUT2D eigenvalue weighted by molar-refractivity contribution is 5.89. The second-order valence-corrected chi connectivity index (χ2v) is 3.51. The van der Waals surface area contributed by atoms with Gasteiger partial charge >= 0.3 is 6.03 Å². The number of hydrogen-bond donors (Lipinski definition) is 3. The molecule has 2 aromatic rings. The van der Waals surface area contributed by atoms with Gasteiger partial charge in [-0.1, -0.05) is 17.3 Å². The standard InChI is InChI=1S/C10H12N6O/c1-7-3-2-4-8(5-7)12-10(17)11-6-9-13-15-16-14-9/h2-5H,6H2,1H3,(H2,11,12,17)(H,13,14,15,16). The molecule has 88 valence electrons. The minimum Gasteiger partial charge on any atom is -0.330 e. The van der Waals surface area contributed by atoms with E-state index in [2.05, 4.69) is 31.3 Å². The van der Waals surface area contributed by atoms with Crippen LogP contribution in [0.4, 0.5) is 10.5 Å². The normalized spacial score (nSPS) is 9.94. The van der Waals surface area contributed by atoms with Crippen LogP contribution in [0.25, 0.3) is 0 Å². The zero-order valence-corrected chi connectivity index (χ0v) is 9.27. The number of aryl methyl sites for hydroxylation is 1. The van der Waals surface area contributed by atoms with Crippen molar-refractivity contribution in [2.24, 2.45) is 0 Å². The Morgan fingerprint density at radius 1 is 1.47 bits per heavy atom. The smallest absolute Gasteiger partial charge is 0.319 e. The number of urea groups is 1. The van der Waals surface area contributed by atoms with Crippen LogP contribution in [0.15, 0.2) is 24.3 Å². The largest absolute Gasteiger partial charge is 0.330 e. The van der Waals surface area contributed by atoms with E-state index >= 15 is 0 Å². The second-order valence-electron chi connectivity index (χ2n) is 3.51. The molecule has 1 heterocycles. The molecule has 0 saturated carbocycles. The molecule has 3 N–H and O–H groups in total. The van der Waals surface area contributed by atoms with Crippen LogP contribution in [0, 0.1) is 6.92 Å². The summed E-state index contributed by atoms with van der Waals surface area (Å²) in [5.74, 6) is 0.435. The average molecular weight is 232 g/mol. The van der Waals surface area contributed by atoms with Gasteiger partial charge in [0, 0.05) is 5.69 Å². The maximum absolute atomic E-state index is 11.5. The van der Waals surface area contributed by atoms with Crippen molar-refractivity contribution in [3.8, 4) is 0 Å². The van der Waals surface area contributed by atoms with Crippen LogP contribution in [0.5, 0.6) is 0 Å². The summed E-state index contributed by atoms with van der Waals surface area (Å²) in [4.78, 5) is 11.5. The Labute approximate surface area is 97.6 Å². The Morgan fingerprint density at radius 3 is 3.06 bits per heavy atom. The van der Waals surface area contributed by atoms with Crippen molar-refractivity contribution in [1.82, 2.24) is 25.9 Å². The van der Waals surface area contributed by atoms with Crippen LogP contribution in [0.1, 0.15) is 11.4 Å². The Balaban J connectivity index is 1.85. The summed E-state index contributed by atoms with van der Waals surface area (Å²) in [6.07, 6.45) is 0. The van der Waals surface area contributed by atoms with Gasteiger partial charge in [0.15, 0.2) is 5.82 Å². The lowest BCUT2D eigenvalue weighted by Crippen LogP contribution is -2.28. The third kappa shape index (κ3) is 3.26. The molecule has 1 aromatic carbocycles. The van der Waals surface area contributed by atoms with E-state index in [1.54, 1.807) is 0 Å². The van der Waals surface area contributed by atoms with Crippen LogP contribution in [0.3, 0.4) is 0 Å². The number of amides is 2. The number of carbonyl (C=O) groups excluding carboxylic acids is 1. The summed E-state index contributed by atoms with van der Waals surface area (Å²) in [6.45, 7) is 2.19. The first-order chi connectivity index (χ1) is 8.24. The Morgan fingerprint density at radius 2 is 2.35 bits per heavy atom. The van der Waals surface area contributed by atoms with E-state index in [9.17, 15) is 4.79 Å². The van der Waals surface area contributed by atoms with E-state index in [0.717, 1.165) is 11.3 Å². The molecule has 7 nitrogen and oxygen atoms in total. The van der Waals surface area contributed by atoms with Gasteiger partial charge < -0.3 is 10.6 Å². The van der Waals surface area contributed by atoms with E-state index in [-0.39, 0.29) is 12.6 Å². The molecule has 0 bridgehead atoms. The summed E-state index contributed by atoms with van der Waals surface area (Å²) in [5, 5.41) is 18.5. The van der Waals surface area contributed by atoms with E-state index in [0.29, 0.717) is 5.82 Å². The molecule has 0 atom stereocenters. The minimum absolute atomic E-state index is 0.230. The molecule has 0 aliphatic rings. The number of rotatable bonds is 3. The quantitative estimate of drug-likeness (QED) is 0.730. The predicted molar refractivity (Wildman–Crippen MR) is 61.2 cm³/mol. The lowest BCUT2D eigenvalue weighted by atomic mass is 10.2. The highest BCUT2D eigenvalue weighted by atomic mass is 16.2. The lowest BCUT2D eigenvalue weighted by Gasteiger charge is -2.06. The van der Waals surface area contributed by atoms with Crippen molar-refractivity contribution < 1.29 is 4.79 Å². The molecule has 2 rings (SSSR count). The molecule has 0 fully saturated rings. The van der Waals surface area contributed by atoms with Crippen LogP contribution in [-0.2, 0) is 6.54 Å². The molecule has 0 unspecified atom stereocenters. The molecule has 0 aliphatic heterocycles. The topological polar surface area (TPSA) is 95.6 Å². The number of anilines is 1. The third-order valence-electron chi connectivity index (χ3n) is 2.07. The van der Waals surface area contributed by atoms with Gasteiger partial charge in [0.25, 0.3) is 0 Å². The molecule has 7 heteroatoms. The number of aromatic nitrogens is 4. The zero-order chi connectivity index (χ0) is 12.1. The summed E-state index contributed by atoms with van der Waals surface area (Å²) >= 11 is 0. The van der Waals surface area contributed by atoms with E-state index in [4.69, 9.17) is 0 Å². The molecule has 17 heavy (non-hydrogen) atoms. The summed E-state index contributed by atoms with van der Waals surface area (Å²) in [5.41, 5.74) is 1.83. The van der Waals surface area contributed by atoms with Crippen molar-refractivity contribution in [3.63, 3.8) is 0 Å². The number of nitrogens with zero attached hydrogens (tertiary/aromatic N) is 3. The third-order valence-corrected chi connectivity index (χ3v) is 2.07. The van der Waals surface area contributed by atoms with Gasteiger partial charge in [-0.3, -0.25) is 0 Å². The molecule has 2 amide bonds. The first-order valence-electron chi connectivity index (χ1n) is 5.08. The first-order valence-corrected chi connectivity index (χ1v) is 5.08. The average Bonchev–Trinajstić information content (AvgIpc) is 2.79. The van der Waals surface area contributed by atoms with Gasteiger partial charge in [0.2, 0.25) is 0 Å². The number of H-pyrrole nitrogens is 1. The van der Waals surface area contributed by atoms with Gasteiger partial charge in [-0.15, -0.1) is 10.2 Å². The van der Waals surface area contributed by atoms with Crippen LogP contribution in [-0.4, -0.2) is 26.7 Å². The molecule has 0 spiro atoms. The number of benzene rings is 1. The summed E-state index contributed by atoms with van der Waals surface area (Å²) < 4.78 is 0. The van der Waals surface area contributed by atoms with Gasteiger partial charge in [-0.2, -0.15) is 5.21 Å². The molecule has 1 aromatic heterocycles. The zero-order valence-electron chi connectivity index (χ0n) is 9.27. The molecule has 0 saturated heterocycles. The first kappa shape index (κ1) is 11.1. The van der Waals surface area contributed by atoms with Crippen molar-refractivity contribution in [2.75, 3.05) is 5.32 Å². The minimum atomic E-state index is -0.305. The highest BCUT2D eigenvalue weighted by Crippen LogP contribution is 2.08. The summed E-state index contributed by atoms with van der Waals surface area (Å²) in [6, 6.07) is 7.24. The maximum atomic E-state index is 11.5. The number of tetrazole rings is 1. The second kappa shape index (κ2) is 5.06.